The number of esters is 1. The number of fused-ring (bicyclic) bond motifs is 2. The number of aliphatic hydroxyl groups is 3. The molecule has 1 saturated carbocycles. The van der Waals surface area contributed by atoms with Gasteiger partial charge in [-0.2, -0.15) is 0 Å². The first-order chi connectivity index (χ1) is 17.7. The molecule has 1 amide bonds. The topological polar surface area (TPSA) is 143 Å². The van der Waals surface area contributed by atoms with E-state index in [2.05, 4.69) is 0 Å². The molecule has 1 saturated heterocycles. The van der Waals surface area contributed by atoms with Crippen LogP contribution in [0.2, 0.25) is 0 Å². The zero-order valence-corrected chi connectivity index (χ0v) is 22.4. The Balaban J connectivity index is 1.66. The summed E-state index contributed by atoms with van der Waals surface area (Å²) in [5.41, 5.74) is -2.46. The van der Waals surface area contributed by atoms with E-state index < -0.39 is 65.4 Å². The second-order valence-corrected chi connectivity index (χ2v) is 11.2. The number of nitrogens with zero attached hydrogens (tertiary/aromatic N) is 1. The molecule has 9 atom stereocenters. The largest absolute Gasteiger partial charge is 0.509 e. The van der Waals surface area contributed by atoms with Crippen LogP contribution in [0.15, 0.2) is 46.4 Å². The molecule has 0 bridgehead atoms. The zero-order valence-electron chi connectivity index (χ0n) is 22.4. The van der Waals surface area contributed by atoms with E-state index in [9.17, 15) is 29.7 Å². The summed E-state index contributed by atoms with van der Waals surface area (Å²) in [6.45, 7) is 9.71. The van der Waals surface area contributed by atoms with Crippen LogP contribution in [0, 0.1) is 11.8 Å². The van der Waals surface area contributed by atoms with Crippen molar-refractivity contribution in [3.63, 3.8) is 0 Å². The lowest BCUT2D eigenvalue weighted by molar-refractivity contribution is -0.233. The van der Waals surface area contributed by atoms with Gasteiger partial charge in [0.15, 0.2) is 17.6 Å². The second-order valence-electron chi connectivity index (χ2n) is 11.2. The average molecular weight is 530 g/mol. The molecule has 0 aromatic rings. The minimum Gasteiger partial charge on any atom is -0.509 e. The highest BCUT2D eigenvalue weighted by Gasteiger charge is 2.68. The van der Waals surface area contributed by atoms with Gasteiger partial charge in [-0.15, -0.1) is 0 Å². The SMILES string of the molecule is CC(=O)OC(C)[C@]12C=C(C)[C@H]3[C@H](C)[C@@H](O[C@H]4CC[C@@H](O)[C@@H](C)O4)C4=CC(=O)C=C(N1C(=O)C(C)=C2O)[C@]43O. The molecule has 3 heterocycles. The highest BCUT2D eigenvalue weighted by molar-refractivity contribution is 6.06. The molecule has 38 heavy (non-hydrogen) atoms. The van der Waals surface area contributed by atoms with Crippen molar-refractivity contribution >= 4 is 17.7 Å². The summed E-state index contributed by atoms with van der Waals surface area (Å²) < 4.78 is 17.7. The lowest BCUT2D eigenvalue weighted by Crippen LogP contribution is -2.58. The zero-order chi connectivity index (χ0) is 27.9. The van der Waals surface area contributed by atoms with Gasteiger partial charge >= 0.3 is 5.97 Å². The number of ketones is 1. The maximum Gasteiger partial charge on any atom is 0.303 e. The van der Waals surface area contributed by atoms with E-state index in [1.54, 1.807) is 26.8 Å². The minimum absolute atomic E-state index is 0.0109. The van der Waals surface area contributed by atoms with Gasteiger partial charge < -0.3 is 29.5 Å². The third-order valence-corrected chi connectivity index (χ3v) is 8.84. The average Bonchev–Trinajstić information content (AvgIpc) is 3.11. The Kier molecular flexibility index (Phi) is 6.26. The second kappa shape index (κ2) is 8.87. The minimum atomic E-state index is -1.81. The molecule has 5 rings (SSSR count). The number of rotatable bonds is 4. The number of ether oxygens (including phenoxy) is 3. The Morgan fingerprint density at radius 2 is 1.89 bits per heavy atom. The predicted octanol–water partition coefficient (Wildman–Crippen LogP) is 1.97. The van der Waals surface area contributed by atoms with Gasteiger partial charge in [0, 0.05) is 30.9 Å². The normalized spacial score (nSPS) is 41.2. The molecule has 0 radical (unpaired) electrons. The van der Waals surface area contributed by atoms with Crippen molar-refractivity contribution < 1.29 is 43.9 Å². The Morgan fingerprint density at radius 1 is 1.21 bits per heavy atom. The van der Waals surface area contributed by atoms with Crippen LogP contribution in [0.1, 0.15) is 54.4 Å². The summed E-state index contributed by atoms with van der Waals surface area (Å²) >= 11 is 0. The Bertz CT molecular complexity index is 1230. The van der Waals surface area contributed by atoms with Gasteiger partial charge in [-0.1, -0.05) is 12.5 Å². The lowest BCUT2D eigenvalue weighted by atomic mass is 9.76. The summed E-state index contributed by atoms with van der Waals surface area (Å²) in [6.07, 6.45) is 1.75. The van der Waals surface area contributed by atoms with E-state index in [1.807, 2.05) is 6.92 Å². The summed E-state index contributed by atoms with van der Waals surface area (Å²) in [7, 11) is 0. The molecule has 10 nitrogen and oxygen atoms in total. The molecule has 10 heteroatoms. The van der Waals surface area contributed by atoms with E-state index in [0.717, 1.165) is 0 Å². The molecule has 5 aliphatic rings. The predicted molar refractivity (Wildman–Crippen MR) is 133 cm³/mol. The van der Waals surface area contributed by atoms with Crippen LogP contribution in [-0.2, 0) is 28.6 Å². The number of aliphatic hydroxyl groups excluding tert-OH is 2. The van der Waals surface area contributed by atoms with Crippen LogP contribution in [0.25, 0.3) is 0 Å². The van der Waals surface area contributed by atoms with Crippen molar-refractivity contribution in [3.05, 3.63) is 46.4 Å². The molecular weight excluding hydrogens is 494 g/mol. The molecule has 0 aromatic heterocycles. The lowest BCUT2D eigenvalue weighted by Gasteiger charge is -2.45. The third kappa shape index (κ3) is 3.50. The van der Waals surface area contributed by atoms with E-state index in [-0.39, 0.29) is 22.9 Å². The van der Waals surface area contributed by atoms with Crippen LogP contribution in [-0.4, -0.2) is 79.7 Å². The standard InChI is InChI=1S/C28H35NO9/c1-12-11-27(16(5)37-17(6)30)25(33)14(3)26(34)29(27)21-10-18(31)9-19-24(13(2)23(12)28(19,21)35)38-22-8-7-20(32)15(4)36-22/h9-11,13,15-16,20,22-24,32-33,35H,7-8H2,1-6H3/t13-,15+,16?,20+,22-,23-,24+,27-,28+/m0/s1. The highest BCUT2D eigenvalue weighted by atomic mass is 16.7. The summed E-state index contributed by atoms with van der Waals surface area (Å²) in [6, 6.07) is 0. The fourth-order valence-corrected chi connectivity index (χ4v) is 7.11. The van der Waals surface area contributed by atoms with Gasteiger partial charge in [0.25, 0.3) is 5.91 Å². The first-order valence-corrected chi connectivity index (χ1v) is 13.1. The molecule has 3 aliphatic heterocycles. The summed E-state index contributed by atoms with van der Waals surface area (Å²) in [5.74, 6) is -2.94. The molecule has 0 aromatic carbocycles. The van der Waals surface area contributed by atoms with E-state index in [4.69, 9.17) is 14.2 Å². The van der Waals surface area contributed by atoms with Crippen LogP contribution in [0.5, 0.6) is 0 Å². The number of amides is 1. The molecule has 0 spiro atoms. The van der Waals surface area contributed by atoms with Crippen molar-refractivity contribution in [1.82, 2.24) is 4.90 Å². The quantitative estimate of drug-likeness (QED) is 0.368. The van der Waals surface area contributed by atoms with Crippen LogP contribution >= 0.6 is 0 Å². The first-order valence-electron chi connectivity index (χ1n) is 13.1. The van der Waals surface area contributed by atoms with Crippen LogP contribution in [0.4, 0.5) is 0 Å². The van der Waals surface area contributed by atoms with Gasteiger partial charge in [0.05, 0.1) is 29.6 Å². The molecule has 3 N–H and O–H groups in total. The maximum absolute atomic E-state index is 13.7. The van der Waals surface area contributed by atoms with Gasteiger partial charge in [-0.05, 0) is 52.2 Å². The van der Waals surface area contributed by atoms with Gasteiger partial charge in [0.2, 0.25) is 0 Å². The number of carbonyl (C=O) groups excluding carboxylic acids is 3. The van der Waals surface area contributed by atoms with E-state index in [1.165, 1.54) is 30.9 Å². The van der Waals surface area contributed by atoms with Crippen molar-refractivity contribution in [3.8, 4) is 0 Å². The number of allylic oxidation sites excluding steroid dienone is 2. The fraction of sp³-hybridized carbons (Fsp3) is 0.607. The summed E-state index contributed by atoms with van der Waals surface area (Å²) in [4.78, 5) is 39.9. The van der Waals surface area contributed by atoms with Gasteiger partial charge in [0.1, 0.15) is 17.5 Å². The Hall–Kier alpha value is -2.79. The highest BCUT2D eigenvalue weighted by Crippen LogP contribution is 2.60. The molecule has 1 unspecified atom stereocenters. The number of hydrogen-bond donors (Lipinski definition) is 3. The maximum atomic E-state index is 13.7. The molecule has 2 fully saturated rings. The summed E-state index contributed by atoms with van der Waals surface area (Å²) in [5, 5.41) is 33.9. The first kappa shape index (κ1) is 26.8. The van der Waals surface area contributed by atoms with E-state index >= 15 is 0 Å². The third-order valence-electron chi connectivity index (χ3n) is 8.84. The Labute approximate surface area is 221 Å². The fourth-order valence-electron chi connectivity index (χ4n) is 7.11. The van der Waals surface area contributed by atoms with Gasteiger partial charge in [-0.3, -0.25) is 19.3 Å². The van der Waals surface area contributed by atoms with Crippen molar-refractivity contribution in [2.45, 2.75) is 96.2 Å². The number of carbonyl (C=O) groups is 3. The van der Waals surface area contributed by atoms with Crippen molar-refractivity contribution in [1.29, 1.82) is 0 Å². The molecule has 206 valence electrons. The Morgan fingerprint density at radius 3 is 2.53 bits per heavy atom. The van der Waals surface area contributed by atoms with Gasteiger partial charge in [-0.25, -0.2) is 0 Å². The van der Waals surface area contributed by atoms with Crippen molar-refractivity contribution in [2.24, 2.45) is 11.8 Å². The molecular formula is C28H35NO9. The molecule has 2 aliphatic carbocycles. The van der Waals surface area contributed by atoms with Crippen LogP contribution < -0.4 is 0 Å². The number of hydrogen-bond acceptors (Lipinski definition) is 9. The smallest absolute Gasteiger partial charge is 0.303 e. The van der Waals surface area contributed by atoms with Crippen LogP contribution in [0.3, 0.4) is 0 Å². The van der Waals surface area contributed by atoms with E-state index in [0.29, 0.717) is 24.0 Å². The monoisotopic (exact) mass is 529 g/mol. The van der Waals surface area contributed by atoms with Crippen molar-refractivity contribution in [2.75, 3.05) is 0 Å².